The van der Waals surface area contributed by atoms with Crippen LogP contribution in [-0.2, 0) is 0 Å². The Morgan fingerprint density at radius 3 is 2.28 bits per heavy atom. The maximum atomic E-state index is 12.5. The fraction of sp³-hybridized carbons (Fsp3) is 0.143. The minimum atomic E-state index is -0.198. The lowest BCUT2D eigenvalue weighted by Crippen LogP contribution is -2.13. The van der Waals surface area contributed by atoms with Gasteiger partial charge in [-0.2, -0.15) is 0 Å². The molecule has 0 radical (unpaired) electrons. The molecule has 3 aromatic rings. The van der Waals surface area contributed by atoms with Gasteiger partial charge in [-0.05, 0) is 67.3 Å². The van der Waals surface area contributed by atoms with Crippen LogP contribution in [0.2, 0.25) is 0 Å². The Balaban J connectivity index is 1.92. The molecule has 25 heavy (non-hydrogen) atoms. The third kappa shape index (κ3) is 3.53. The minimum Gasteiger partial charge on any atom is -0.507 e. The Morgan fingerprint density at radius 1 is 0.920 bits per heavy atom. The lowest BCUT2D eigenvalue weighted by Gasteiger charge is -2.10. The molecule has 2 N–H and O–H groups in total. The molecule has 4 heteroatoms. The summed E-state index contributed by atoms with van der Waals surface area (Å²) in [5.41, 5.74) is 5.63. The van der Waals surface area contributed by atoms with Gasteiger partial charge in [-0.25, -0.2) is 0 Å². The van der Waals surface area contributed by atoms with E-state index in [4.69, 9.17) is 0 Å². The summed E-state index contributed by atoms with van der Waals surface area (Å²) in [5, 5.41) is 12.8. The van der Waals surface area contributed by atoms with E-state index in [9.17, 15) is 9.90 Å². The first kappa shape index (κ1) is 16.7. The fourth-order valence-electron chi connectivity index (χ4n) is 2.75. The Labute approximate surface area is 147 Å². The summed E-state index contributed by atoms with van der Waals surface area (Å²) >= 11 is 0. The van der Waals surface area contributed by atoms with Crippen molar-refractivity contribution in [1.82, 2.24) is 4.98 Å². The van der Waals surface area contributed by atoms with Gasteiger partial charge in [0.05, 0.1) is 5.56 Å². The Hall–Kier alpha value is -3.14. The number of anilines is 1. The number of phenols is 1. The van der Waals surface area contributed by atoms with E-state index in [2.05, 4.69) is 10.3 Å². The zero-order valence-electron chi connectivity index (χ0n) is 14.5. The number of benzene rings is 2. The van der Waals surface area contributed by atoms with Gasteiger partial charge in [0, 0.05) is 23.6 Å². The number of nitrogens with zero attached hydrogens (tertiary/aromatic N) is 1. The lowest BCUT2D eigenvalue weighted by atomic mass is 10.00. The zero-order chi connectivity index (χ0) is 18.0. The van der Waals surface area contributed by atoms with Crippen LogP contribution in [0.4, 0.5) is 5.69 Å². The molecule has 4 nitrogen and oxygen atoms in total. The van der Waals surface area contributed by atoms with Crippen LogP contribution in [0.5, 0.6) is 5.75 Å². The SMILES string of the molecule is Cc1ccccc1NC(=O)c1cncc(-c2cc(C)c(O)c(C)c2)c1. The van der Waals surface area contributed by atoms with Gasteiger partial charge in [0.15, 0.2) is 0 Å². The highest BCUT2D eigenvalue weighted by Gasteiger charge is 2.11. The van der Waals surface area contributed by atoms with Crippen LogP contribution in [0.1, 0.15) is 27.0 Å². The maximum Gasteiger partial charge on any atom is 0.257 e. The van der Waals surface area contributed by atoms with Crippen LogP contribution in [0.15, 0.2) is 54.9 Å². The first-order chi connectivity index (χ1) is 12.0. The number of phenolic OH excluding ortho intramolecular Hbond substituents is 1. The standard InChI is InChI=1S/C21H20N2O2/c1-13-6-4-5-7-19(13)23-21(25)18-10-17(11-22-12-18)16-8-14(2)20(24)15(3)9-16/h4-12,24H,1-3H3,(H,23,25). The molecule has 1 heterocycles. The quantitative estimate of drug-likeness (QED) is 0.735. The number of nitrogens with one attached hydrogen (secondary N) is 1. The second-order valence-electron chi connectivity index (χ2n) is 6.19. The molecule has 0 fully saturated rings. The van der Waals surface area contributed by atoms with Gasteiger partial charge in [0.2, 0.25) is 0 Å². The average molecular weight is 332 g/mol. The third-order valence-corrected chi connectivity index (χ3v) is 4.22. The normalized spacial score (nSPS) is 10.5. The molecule has 0 atom stereocenters. The van der Waals surface area contributed by atoms with Crippen LogP contribution in [0.3, 0.4) is 0 Å². The van der Waals surface area contributed by atoms with E-state index in [-0.39, 0.29) is 5.91 Å². The Bertz CT molecular complexity index is 925. The second-order valence-corrected chi connectivity index (χ2v) is 6.19. The summed E-state index contributed by atoms with van der Waals surface area (Å²) in [6.45, 7) is 5.66. The van der Waals surface area contributed by atoms with Gasteiger partial charge in [0.25, 0.3) is 5.91 Å². The molecule has 0 unspecified atom stereocenters. The van der Waals surface area contributed by atoms with E-state index in [0.29, 0.717) is 11.3 Å². The molecule has 0 saturated carbocycles. The Kier molecular flexibility index (Phi) is 4.52. The van der Waals surface area contributed by atoms with E-state index in [0.717, 1.165) is 33.5 Å². The number of aromatic nitrogens is 1. The van der Waals surface area contributed by atoms with E-state index >= 15 is 0 Å². The summed E-state index contributed by atoms with van der Waals surface area (Å²) in [6, 6.07) is 13.2. The topological polar surface area (TPSA) is 62.2 Å². The highest BCUT2D eigenvalue weighted by Crippen LogP contribution is 2.29. The van der Waals surface area contributed by atoms with Gasteiger partial charge in [-0.15, -0.1) is 0 Å². The molecule has 0 aliphatic rings. The van der Waals surface area contributed by atoms with E-state index < -0.39 is 0 Å². The zero-order valence-corrected chi connectivity index (χ0v) is 14.5. The summed E-state index contributed by atoms with van der Waals surface area (Å²) in [6.07, 6.45) is 3.27. The van der Waals surface area contributed by atoms with Gasteiger partial charge in [-0.3, -0.25) is 9.78 Å². The molecule has 126 valence electrons. The Morgan fingerprint density at radius 2 is 1.60 bits per heavy atom. The summed E-state index contributed by atoms with van der Waals surface area (Å²) in [5.74, 6) is 0.0982. The van der Waals surface area contributed by atoms with Crippen LogP contribution in [-0.4, -0.2) is 16.0 Å². The monoisotopic (exact) mass is 332 g/mol. The molecule has 0 aliphatic heterocycles. The molecular weight excluding hydrogens is 312 g/mol. The highest BCUT2D eigenvalue weighted by atomic mass is 16.3. The van der Waals surface area contributed by atoms with Gasteiger partial charge < -0.3 is 10.4 Å². The van der Waals surface area contributed by atoms with Crippen molar-refractivity contribution >= 4 is 11.6 Å². The van der Waals surface area contributed by atoms with Crippen molar-refractivity contribution in [2.75, 3.05) is 5.32 Å². The van der Waals surface area contributed by atoms with Crippen LogP contribution in [0.25, 0.3) is 11.1 Å². The number of pyridine rings is 1. The number of para-hydroxylation sites is 1. The minimum absolute atomic E-state index is 0.198. The van der Waals surface area contributed by atoms with Crippen molar-refractivity contribution < 1.29 is 9.90 Å². The van der Waals surface area contributed by atoms with Crippen molar-refractivity contribution in [2.45, 2.75) is 20.8 Å². The number of rotatable bonds is 3. The number of aromatic hydroxyl groups is 1. The molecule has 0 saturated heterocycles. The molecular formula is C21H20N2O2. The second kappa shape index (κ2) is 6.77. The highest BCUT2D eigenvalue weighted by molar-refractivity contribution is 6.05. The number of hydrogen-bond donors (Lipinski definition) is 2. The lowest BCUT2D eigenvalue weighted by molar-refractivity contribution is 0.102. The first-order valence-electron chi connectivity index (χ1n) is 8.08. The molecule has 0 bridgehead atoms. The van der Waals surface area contributed by atoms with Gasteiger partial charge >= 0.3 is 0 Å². The number of aryl methyl sites for hydroxylation is 3. The van der Waals surface area contributed by atoms with Crippen molar-refractivity contribution in [3.63, 3.8) is 0 Å². The van der Waals surface area contributed by atoms with Crippen molar-refractivity contribution in [3.8, 4) is 16.9 Å². The van der Waals surface area contributed by atoms with Crippen LogP contribution < -0.4 is 5.32 Å². The molecule has 1 aromatic heterocycles. The molecule has 0 spiro atoms. The predicted octanol–water partition coefficient (Wildman–Crippen LogP) is 4.63. The van der Waals surface area contributed by atoms with Gasteiger partial charge in [0.1, 0.15) is 5.75 Å². The van der Waals surface area contributed by atoms with Crippen LogP contribution in [0, 0.1) is 20.8 Å². The number of carbonyl (C=O) groups is 1. The third-order valence-electron chi connectivity index (χ3n) is 4.22. The van der Waals surface area contributed by atoms with Crippen molar-refractivity contribution in [2.24, 2.45) is 0 Å². The van der Waals surface area contributed by atoms with Gasteiger partial charge in [-0.1, -0.05) is 18.2 Å². The average Bonchev–Trinajstić information content (AvgIpc) is 2.61. The summed E-state index contributed by atoms with van der Waals surface area (Å²) < 4.78 is 0. The molecule has 0 aliphatic carbocycles. The largest absolute Gasteiger partial charge is 0.507 e. The number of carbonyl (C=O) groups excluding carboxylic acids is 1. The van der Waals surface area contributed by atoms with E-state index in [1.54, 1.807) is 12.4 Å². The van der Waals surface area contributed by atoms with E-state index in [1.807, 2.05) is 63.2 Å². The molecule has 1 amide bonds. The van der Waals surface area contributed by atoms with E-state index in [1.165, 1.54) is 0 Å². The summed E-state index contributed by atoms with van der Waals surface area (Å²) in [4.78, 5) is 16.8. The first-order valence-corrected chi connectivity index (χ1v) is 8.08. The van der Waals surface area contributed by atoms with Crippen molar-refractivity contribution in [1.29, 1.82) is 0 Å². The number of hydrogen-bond acceptors (Lipinski definition) is 3. The van der Waals surface area contributed by atoms with Crippen molar-refractivity contribution in [3.05, 3.63) is 77.1 Å². The fourth-order valence-corrected chi connectivity index (χ4v) is 2.75. The maximum absolute atomic E-state index is 12.5. The number of amides is 1. The van der Waals surface area contributed by atoms with Crippen LogP contribution >= 0.6 is 0 Å². The smallest absolute Gasteiger partial charge is 0.257 e. The summed E-state index contributed by atoms with van der Waals surface area (Å²) in [7, 11) is 0. The molecule has 3 rings (SSSR count). The predicted molar refractivity (Wildman–Crippen MR) is 99.9 cm³/mol. The molecule has 2 aromatic carbocycles.